The Morgan fingerprint density at radius 2 is 1.82 bits per heavy atom. The van der Waals surface area contributed by atoms with E-state index in [2.05, 4.69) is 16.5 Å². The van der Waals surface area contributed by atoms with E-state index in [1.165, 1.54) is 0 Å². The van der Waals surface area contributed by atoms with E-state index in [9.17, 15) is 4.79 Å². The maximum atomic E-state index is 12.8. The lowest BCUT2D eigenvalue weighted by molar-refractivity contribution is 0.102. The first kappa shape index (κ1) is 22.1. The molecule has 4 aromatic rings. The summed E-state index contributed by atoms with van der Waals surface area (Å²) in [6.07, 6.45) is 3.45. The molecule has 168 valence electrons. The number of carbonyl (C=O) groups is 1. The zero-order valence-corrected chi connectivity index (χ0v) is 19.0. The maximum absolute atomic E-state index is 12.8. The lowest BCUT2D eigenvalue weighted by Gasteiger charge is -2.11. The van der Waals surface area contributed by atoms with Crippen LogP contribution in [0.4, 0.5) is 5.69 Å². The summed E-state index contributed by atoms with van der Waals surface area (Å²) in [7, 11) is 1.64. The van der Waals surface area contributed by atoms with Crippen molar-refractivity contribution >= 4 is 11.6 Å². The smallest absolute Gasteiger partial charge is 0.255 e. The van der Waals surface area contributed by atoms with Crippen molar-refractivity contribution in [2.24, 2.45) is 0 Å². The lowest BCUT2D eigenvalue weighted by atomic mass is 10.1. The van der Waals surface area contributed by atoms with Crippen LogP contribution in [0.25, 0.3) is 0 Å². The van der Waals surface area contributed by atoms with Gasteiger partial charge >= 0.3 is 0 Å². The first-order valence-corrected chi connectivity index (χ1v) is 10.8. The molecule has 1 N–H and O–H groups in total. The Bertz CT molecular complexity index is 1260. The van der Waals surface area contributed by atoms with E-state index in [-0.39, 0.29) is 5.91 Å². The minimum atomic E-state index is -0.190. The van der Waals surface area contributed by atoms with E-state index in [4.69, 9.17) is 9.47 Å². The highest BCUT2D eigenvalue weighted by molar-refractivity contribution is 6.04. The second-order valence-electron chi connectivity index (χ2n) is 7.99. The normalized spacial score (nSPS) is 10.6. The summed E-state index contributed by atoms with van der Waals surface area (Å²) < 4.78 is 13.0. The van der Waals surface area contributed by atoms with Crippen LogP contribution in [0.3, 0.4) is 0 Å². The van der Waals surface area contributed by atoms with Crippen LogP contribution in [0.5, 0.6) is 11.5 Å². The number of nitrogens with one attached hydrogen (secondary N) is 1. The highest BCUT2D eigenvalue weighted by Crippen LogP contribution is 2.21. The molecule has 0 aliphatic rings. The molecular formula is C27H27N3O3. The molecule has 0 spiro atoms. The van der Waals surface area contributed by atoms with Gasteiger partial charge in [0.25, 0.3) is 5.91 Å². The van der Waals surface area contributed by atoms with Crippen LogP contribution in [0.2, 0.25) is 0 Å². The average Bonchev–Trinajstić information content (AvgIpc) is 3.26. The van der Waals surface area contributed by atoms with Gasteiger partial charge in [-0.15, -0.1) is 0 Å². The second-order valence-corrected chi connectivity index (χ2v) is 7.99. The molecule has 33 heavy (non-hydrogen) atoms. The molecule has 1 aromatic heterocycles. The maximum Gasteiger partial charge on any atom is 0.255 e. The Morgan fingerprint density at radius 1 is 1.00 bits per heavy atom. The molecule has 4 rings (SSSR count). The van der Waals surface area contributed by atoms with Crippen molar-refractivity contribution in [3.05, 3.63) is 107 Å². The first-order chi connectivity index (χ1) is 16.0. The fraction of sp³-hybridized carbons (Fsp3) is 0.185. The van der Waals surface area contributed by atoms with Gasteiger partial charge in [0.1, 0.15) is 18.1 Å². The van der Waals surface area contributed by atoms with Gasteiger partial charge in [-0.25, -0.2) is 0 Å². The SMILES string of the molecule is COc1cccc(Cn2cc(NC(=O)c3cccc(COc4cc(C)ccc4C)c3)cn2)c1. The Morgan fingerprint density at radius 3 is 2.67 bits per heavy atom. The van der Waals surface area contributed by atoms with Crippen LogP contribution in [-0.4, -0.2) is 22.8 Å². The second kappa shape index (κ2) is 10.0. The molecule has 0 bridgehead atoms. The Kier molecular flexibility index (Phi) is 6.74. The number of hydrogen-bond acceptors (Lipinski definition) is 4. The van der Waals surface area contributed by atoms with Crippen molar-refractivity contribution in [1.29, 1.82) is 0 Å². The predicted molar refractivity (Wildman–Crippen MR) is 129 cm³/mol. The number of amides is 1. The summed E-state index contributed by atoms with van der Waals surface area (Å²) >= 11 is 0. The zero-order chi connectivity index (χ0) is 23.2. The number of hydrogen-bond donors (Lipinski definition) is 1. The minimum Gasteiger partial charge on any atom is -0.497 e. The van der Waals surface area contributed by atoms with Crippen LogP contribution >= 0.6 is 0 Å². The molecule has 1 amide bonds. The molecule has 3 aromatic carbocycles. The van der Waals surface area contributed by atoms with Gasteiger partial charge in [0, 0.05) is 11.8 Å². The summed E-state index contributed by atoms with van der Waals surface area (Å²) in [6.45, 7) is 5.03. The molecule has 6 nitrogen and oxygen atoms in total. The number of nitrogens with zero attached hydrogens (tertiary/aromatic N) is 2. The van der Waals surface area contributed by atoms with E-state index in [0.717, 1.165) is 33.8 Å². The van der Waals surface area contributed by atoms with E-state index in [1.54, 1.807) is 24.1 Å². The van der Waals surface area contributed by atoms with Crippen LogP contribution in [-0.2, 0) is 13.2 Å². The van der Waals surface area contributed by atoms with Crippen molar-refractivity contribution in [3.8, 4) is 11.5 Å². The van der Waals surface area contributed by atoms with E-state index < -0.39 is 0 Å². The topological polar surface area (TPSA) is 65.4 Å². The van der Waals surface area contributed by atoms with Crippen LogP contribution in [0.15, 0.2) is 79.1 Å². The highest BCUT2D eigenvalue weighted by atomic mass is 16.5. The minimum absolute atomic E-state index is 0.190. The Hall–Kier alpha value is -4.06. The molecule has 0 unspecified atom stereocenters. The standard InChI is InChI=1S/C27H27N3O3/c1-19-10-11-20(2)26(12-19)33-18-22-7-4-8-23(13-22)27(31)29-24-15-28-30(17-24)16-21-6-5-9-25(14-21)32-3/h4-15,17H,16,18H2,1-3H3,(H,29,31). The van der Waals surface area contributed by atoms with Crippen molar-refractivity contribution in [3.63, 3.8) is 0 Å². The van der Waals surface area contributed by atoms with Gasteiger partial charge in [-0.1, -0.05) is 36.4 Å². The van der Waals surface area contributed by atoms with E-state index in [1.807, 2.05) is 74.6 Å². The lowest BCUT2D eigenvalue weighted by Crippen LogP contribution is -2.12. The van der Waals surface area contributed by atoms with Crippen LogP contribution < -0.4 is 14.8 Å². The van der Waals surface area contributed by atoms with Gasteiger partial charge < -0.3 is 14.8 Å². The van der Waals surface area contributed by atoms with Gasteiger partial charge in [-0.2, -0.15) is 5.10 Å². The number of benzene rings is 3. The third-order valence-electron chi connectivity index (χ3n) is 5.30. The van der Waals surface area contributed by atoms with Gasteiger partial charge in [-0.05, 0) is 66.4 Å². The molecular weight excluding hydrogens is 414 g/mol. The van der Waals surface area contributed by atoms with Crippen LogP contribution in [0, 0.1) is 13.8 Å². The van der Waals surface area contributed by atoms with Gasteiger partial charge in [-0.3, -0.25) is 9.48 Å². The third-order valence-corrected chi connectivity index (χ3v) is 5.30. The summed E-state index contributed by atoms with van der Waals surface area (Å²) in [6, 6.07) is 21.4. The molecule has 6 heteroatoms. The summed E-state index contributed by atoms with van der Waals surface area (Å²) in [5.41, 5.74) is 5.43. The Labute approximate surface area is 193 Å². The number of methoxy groups -OCH3 is 1. The molecule has 0 atom stereocenters. The number of aryl methyl sites for hydroxylation is 2. The first-order valence-electron chi connectivity index (χ1n) is 10.8. The molecule has 0 fully saturated rings. The number of carbonyl (C=O) groups excluding carboxylic acids is 1. The van der Waals surface area contributed by atoms with Crippen LogP contribution in [0.1, 0.15) is 32.6 Å². The Balaban J connectivity index is 1.38. The zero-order valence-electron chi connectivity index (χ0n) is 19.0. The molecule has 1 heterocycles. The number of aromatic nitrogens is 2. The summed E-state index contributed by atoms with van der Waals surface area (Å²) in [5, 5.41) is 7.27. The largest absolute Gasteiger partial charge is 0.497 e. The molecule has 0 aliphatic carbocycles. The fourth-order valence-corrected chi connectivity index (χ4v) is 3.50. The van der Waals surface area contributed by atoms with E-state index >= 15 is 0 Å². The number of anilines is 1. The quantitative estimate of drug-likeness (QED) is 0.398. The number of rotatable bonds is 8. The fourth-order valence-electron chi connectivity index (χ4n) is 3.50. The average molecular weight is 442 g/mol. The number of ether oxygens (including phenoxy) is 2. The highest BCUT2D eigenvalue weighted by Gasteiger charge is 2.10. The van der Waals surface area contributed by atoms with Gasteiger partial charge in [0.15, 0.2) is 0 Å². The van der Waals surface area contributed by atoms with Crippen molar-refractivity contribution in [2.75, 3.05) is 12.4 Å². The van der Waals surface area contributed by atoms with Crippen molar-refractivity contribution in [2.45, 2.75) is 27.0 Å². The van der Waals surface area contributed by atoms with Crippen molar-refractivity contribution < 1.29 is 14.3 Å². The molecule has 0 saturated heterocycles. The monoisotopic (exact) mass is 441 g/mol. The molecule has 0 aliphatic heterocycles. The molecule has 0 radical (unpaired) electrons. The van der Waals surface area contributed by atoms with Gasteiger partial charge in [0.05, 0.1) is 25.5 Å². The summed E-state index contributed by atoms with van der Waals surface area (Å²) in [5.74, 6) is 1.47. The van der Waals surface area contributed by atoms with Crippen molar-refractivity contribution in [1.82, 2.24) is 9.78 Å². The van der Waals surface area contributed by atoms with E-state index in [0.29, 0.717) is 24.4 Å². The molecule has 0 saturated carbocycles. The predicted octanol–water partition coefficient (Wildman–Crippen LogP) is 5.39. The summed E-state index contributed by atoms with van der Waals surface area (Å²) in [4.78, 5) is 12.8. The third kappa shape index (κ3) is 5.80. The van der Waals surface area contributed by atoms with Gasteiger partial charge in [0.2, 0.25) is 0 Å².